The number of aromatic hydroxyl groups is 2. The number of ketones is 2. The summed E-state index contributed by atoms with van der Waals surface area (Å²) in [4.78, 5) is 41.9. The summed E-state index contributed by atoms with van der Waals surface area (Å²) >= 11 is 0. The first kappa shape index (κ1) is 33.9. The van der Waals surface area contributed by atoms with Crippen molar-refractivity contribution >= 4 is 17.5 Å². The van der Waals surface area contributed by atoms with Crippen molar-refractivity contribution < 1.29 is 48.7 Å². The summed E-state index contributed by atoms with van der Waals surface area (Å²) in [6.45, 7) is 6.57. The minimum absolute atomic E-state index is 0.0686. The highest BCUT2D eigenvalue weighted by Crippen LogP contribution is 2.49. The molecule has 1 saturated carbocycles. The second-order valence-electron chi connectivity index (χ2n) is 14.0. The van der Waals surface area contributed by atoms with E-state index in [4.69, 9.17) is 18.9 Å². The summed E-state index contributed by atoms with van der Waals surface area (Å²) in [5, 5.41) is 38.8. The molecule has 5 N–H and O–H groups in total. The number of piperidine rings is 1. The Morgan fingerprint density at radius 2 is 1.82 bits per heavy atom. The maximum atomic E-state index is 13.3. The summed E-state index contributed by atoms with van der Waals surface area (Å²) in [5.41, 5.74) is 0.483. The smallest absolute Gasteiger partial charge is 0.223 e. The first-order valence-corrected chi connectivity index (χ1v) is 17.1. The number of ether oxygens (including phenoxy) is 4. The van der Waals surface area contributed by atoms with Crippen LogP contribution in [0.3, 0.4) is 0 Å². The molecule has 3 saturated heterocycles. The number of nitrogens with zero attached hydrogens (tertiary/aromatic N) is 1. The first-order valence-electron chi connectivity index (χ1n) is 17.1. The zero-order valence-electron chi connectivity index (χ0n) is 28.1. The van der Waals surface area contributed by atoms with Gasteiger partial charge in [0.2, 0.25) is 11.7 Å². The van der Waals surface area contributed by atoms with E-state index < -0.39 is 17.7 Å². The van der Waals surface area contributed by atoms with E-state index in [1.807, 2.05) is 6.92 Å². The molecule has 264 valence electrons. The molecule has 13 heteroatoms. The van der Waals surface area contributed by atoms with Gasteiger partial charge in [0.15, 0.2) is 12.1 Å². The molecule has 3 heterocycles. The number of methoxy groups -OCH3 is 2. The van der Waals surface area contributed by atoms with E-state index in [-0.39, 0.29) is 81.7 Å². The van der Waals surface area contributed by atoms with Gasteiger partial charge in [0.1, 0.15) is 17.2 Å². The Bertz CT molecular complexity index is 1660. The van der Waals surface area contributed by atoms with Gasteiger partial charge >= 0.3 is 0 Å². The van der Waals surface area contributed by atoms with Crippen LogP contribution in [0.25, 0.3) is 0 Å². The predicted octanol–water partition coefficient (Wildman–Crippen LogP) is 1.29. The Balaban J connectivity index is 0.000000199. The Morgan fingerprint density at radius 3 is 2.53 bits per heavy atom. The van der Waals surface area contributed by atoms with Gasteiger partial charge < -0.3 is 44.9 Å². The highest BCUT2D eigenvalue weighted by atomic mass is 16.7. The molecule has 2 aromatic rings. The maximum Gasteiger partial charge on any atom is 0.223 e. The summed E-state index contributed by atoms with van der Waals surface area (Å²) in [6, 6.07) is 4.86. The van der Waals surface area contributed by atoms with Crippen molar-refractivity contribution in [2.45, 2.75) is 69.1 Å². The van der Waals surface area contributed by atoms with E-state index in [1.54, 1.807) is 19.2 Å². The number of rotatable bonds is 5. The first-order chi connectivity index (χ1) is 23.6. The summed E-state index contributed by atoms with van der Waals surface area (Å²) < 4.78 is 21.3. The van der Waals surface area contributed by atoms with Gasteiger partial charge in [-0.05, 0) is 51.0 Å². The molecule has 1 amide bonds. The Hall–Kier alpha value is -3.59. The number of phenolic OH excluding ortho intramolecular Hbond substituents is 2. The molecule has 13 nitrogen and oxygen atoms in total. The number of aliphatic hydroxyl groups is 1. The van der Waals surface area contributed by atoms with Crippen molar-refractivity contribution in [2.24, 2.45) is 11.8 Å². The molecule has 2 aromatic carbocycles. The Kier molecular flexibility index (Phi) is 9.18. The molecule has 6 aliphatic rings. The monoisotopic (exact) mass is 679 g/mol. The molecule has 0 radical (unpaired) electrons. The lowest BCUT2D eigenvalue weighted by Crippen LogP contribution is -2.57. The van der Waals surface area contributed by atoms with Crippen LogP contribution in [0.15, 0.2) is 18.2 Å². The van der Waals surface area contributed by atoms with Crippen LogP contribution >= 0.6 is 0 Å². The van der Waals surface area contributed by atoms with Crippen molar-refractivity contribution in [1.82, 2.24) is 15.5 Å². The Morgan fingerprint density at radius 1 is 1.04 bits per heavy atom. The molecule has 3 aliphatic heterocycles. The fourth-order valence-corrected chi connectivity index (χ4v) is 8.35. The predicted molar refractivity (Wildman–Crippen MR) is 175 cm³/mol. The fraction of sp³-hybridized carbons (Fsp3) is 0.583. The van der Waals surface area contributed by atoms with Crippen molar-refractivity contribution in [3.05, 3.63) is 51.6 Å². The molecular weight excluding hydrogens is 634 g/mol. The number of phenols is 2. The number of benzene rings is 2. The lowest BCUT2D eigenvalue weighted by molar-refractivity contribution is -0.190. The molecule has 0 bridgehead atoms. The van der Waals surface area contributed by atoms with Gasteiger partial charge in [-0.1, -0.05) is 12.1 Å². The SMILES string of the molecule is COC1CN(C2CCOC(C)C2O)CCO1.COc1cccc2c1C(=O)c1c(O)c3c(c(O)c1C2=O)CC(C(=O)NC12CNCC1C2)CC3. The van der Waals surface area contributed by atoms with Crippen LogP contribution in [-0.2, 0) is 31.8 Å². The number of morpholine rings is 1. The van der Waals surface area contributed by atoms with Gasteiger partial charge in [-0.2, -0.15) is 0 Å². The minimum Gasteiger partial charge on any atom is -0.507 e. The summed E-state index contributed by atoms with van der Waals surface area (Å²) in [7, 11) is 3.06. The lowest BCUT2D eigenvalue weighted by atomic mass is 9.75. The molecule has 49 heavy (non-hydrogen) atoms. The van der Waals surface area contributed by atoms with Crippen LogP contribution in [-0.4, -0.2) is 121 Å². The van der Waals surface area contributed by atoms with Gasteiger partial charge in [0.25, 0.3) is 0 Å². The average Bonchev–Trinajstić information content (AvgIpc) is 3.65. The van der Waals surface area contributed by atoms with Crippen LogP contribution in [0.5, 0.6) is 17.2 Å². The zero-order chi connectivity index (χ0) is 34.6. The average molecular weight is 680 g/mol. The standard InChI is InChI=1S/C25H24N2O6.C11H21NO4/c1-33-16-4-2-3-14-17(16)23(31)19-18(21(14)29)22(30)15-7-11(5-6-13(15)20(19)28)24(32)27-25-8-12(25)9-26-10-25;1-8-11(13)9(3-5-15-8)12-4-6-16-10(7-12)14-2/h2-4,11-12,26,28,30H,5-10H2,1H3,(H,27,32);8-11,13H,3-7H2,1-2H3. The molecular formula is C36H45N3O10. The lowest BCUT2D eigenvalue weighted by Gasteiger charge is -2.43. The molecule has 8 rings (SSSR count). The molecule has 4 fully saturated rings. The van der Waals surface area contributed by atoms with Crippen molar-refractivity contribution in [1.29, 1.82) is 0 Å². The molecule has 0 spiro atoms. The number of amides is 1. The summed E-state index contributed by atoms with van der Waals surface area (Å²) in [6.07, 6.45) is 2.21. The van der Waals surface area contributed by atoms with Crippen LogP contribution < -0.4 is 15.4 Å². The van der Waals surface area contributed by atoms with E-state index in [0.717, 1.165) is 45.6 Å². The normalized spacial score (nSPS) is 31.8. The van der Waals surface area contributed by atoms with Crippen LogP contribution in [0.4, 0.5) is 0 Å². The molecule has 7 unspecified atom stereocenters. The molecule has 3 aliphatic carbocycles. The van der Waals surface area contributed by atoms with Crippen LogP contribution in [0.2, 0.25) is 0 Å². The zero-order valence-corrected chi connectivity index (χ0v) is 28.1. The highest BCUT2D eigenvalue weighted by Gasteiger charge is 2.58. The molecule has 0 aromatic heterocycles. The number of aliphatic hydroxyl groups excluding tert-OH is 1. The number of carbonyl (C=O) groups excluding carboxylic acids is 3. The third-order valence-corrected chi connectivity index (χ3v) is 11.3. The second kappa shape index (κ2) is 13.3. The van der Waals surface area contributed by atoms with Crippen LogP contribution in [0.1, 0.15) is 69.2 Å². The number of fused-ring (bicyclic) bond motifs is 4. The maximum absolute atomic E-state index is 13.3. The van der Waals surface area contributed by atoms with Crippen LogP contribution in [0, 0.1) is 11.8 Å². The number of carbonyl (C=O) groups is 3. The summed E-state index contributed by atoms with van der Waals surface area (Å²) in [5.74, 6) is -1.43. The minimum atomic E-state index is -0.555. The van der Waals surface area contributed by atoms with E-state index >= 15 is 0 Å². The van der Waals surface area contributed by atoms with Crippen molar-refractivity contribution in [3.63, 3.8) is 0 Å². The molecule has 7 atom stereocenters. The van der Waals surface area contributed by atoms with E-state index in [0.29, 0.717) is 36.5 Å². The van der Waals surface area contributed by atoms with Crippen molar-refractivity contribution in [2.75, 3.05) is 53.6 Å². The second-order valence-corrected chi connectivity index (χ2v) is 14.0. The third kappa shape index (κ3) is 5.89. The number of hydrogen-bond acceptors (Lipinski definition) is 12. The number of hydrogen-bond donors (Lipinski definition) is 5. The fourth-order valence-electron chi connectivity index (χ4n) is 8.35. The number of nitrogens with one attached hydrogen (secondary N) is 2. The van der Waals surface area contributed by atoms with Gasteiger partial charge in [0.05, 0.1) is 48.2 Å². The highest BCUT2D eigenvalue weighted by molar-refractivity contribution is 6.31. The van der Waals surface area contributed by atoms with Gasteiger partial charge in [0, 0.05) is 68.5 Å². The topological polar surface area (TPSA) is 176 Å². The van der Waals surface area contributed by atoms with E-state index in [2.05, 4.69) is 15.5 Å². The van der Waals surface area contributed by atoms with E-state index in [9.17, 15) is 29.7 Å². The van der Waals surface area contributed by atoms with Gasteiger partial charge in [-0.3, -0.25) is 19.3 Å². The van der Waals surface area contributed by atoms with E-state index in [1.165, 1.54) is 13.2 Å². The third-order valence-electron chi connectivity index (χ3n) is 11.3. The quantitative estimate of drug-likeness (QED) is 0.245. The van der Waals surface area contributed by atoms with Gasteiger partial charge in [-0.15, -0.1) is 0 Å². The van der Waals surface area contributed by atoms with Crippen molar-refractivity contribution in [3.8, 4) is 17.2 Å². The van der Waals surface area contributed by atoms with Gasteiger partial charge in [-0.25, -0.2) is 0 Å². The largest absolute Gasteiger partial charge is 0.507 e. The Labute approximate surface area is 284 Å².